The highest BCUT2D eigenvalue weighted by Crippen LogP contribution is 2.46. The van der Waals surface area contributed by atoms with Crippen LogP contribution in [0.25, 0.3) is 11.8 Å². The number of aryl methyl sites for hydroxylation is 2. The van der Waals surface area contributed by atoms with Crippen molar-refractivity contribution in [2.24, 2.45) is 12.5 Å². The van der Waals surface area contributed by atoms with E-state index in [-0.39, 0.29) is 30.4 Å². The molecule has 0 spiro atoms. The molecule has 3 heterocycles. The Kier molecular flexibility index (Phi) is 5.21. The molecule has 0 radical (unpaired) electrons. The maximum absolute atomic E-state index is 13.5. The molecule has 0 amide bonds. The van der Waals surface area contributed by atoms with E-state index in [0.29, 0.717) is 17.8 Å². The number of hydrogen-bond donors (Lipinski definition) is 0. The fourth-order valence-corrected chi connectivity index (χ4v) is 6.62. The van der Waals surface area contributed by atoms with Gasteiger partial charge in [-0.1, -0.05) is 0 Å². The van der Waals surface area contributed by atoms with Gasteiger partial charge in [0.15, 0.2) is 5.03 Å². The Labute approximate surface area is 196 Å². The number of carbonyl (C=O) groups is 1. The third kappa shape index (κ3) is 3.38. The fraction of sp³-hybridized carbons (Fsp3) is 0.348. The highest BCUT2D eigenvalue weighted by molar-refractivity contribution is 7.89. The highest BCUT2D eigenvalue weighted by Gasteiger charge is 2.52. The molecule has 1 fully saturated rings. The summed E-state index contributed by atoms with van der Waals surface area (Å²) in [4.78, 5) is 13.2. The number of esters is 1. The van der Waals surface area contributed by atoms with Gasteiger partial charge in [0.05, 0.1) is 30.4 Å². The summed E-state index contributed by atoms with van der Waals surface area (Å²) in [5.74, 6) is -0.829. The molecular weight excluding hydrogens is 461 g/mol. The van der Waals surface area contributed by atoms with Gasteiger partial charge in [-0.15, -0.1) is 0 Å². The van der Waals surface area contributed by atoms with Crippen LogP contribution in [0.4, 0.5) is 4.39 Å². The fourth-order valence-electron chi connectivity index (χ4n) is 4.93. The number of piperidine rings is 1. The first kappa shape index (κ1) is 22.5. The van der Waals surface area contributed by atoms with Gasteiger partial charge in [-0.25, -0.2) is 17.5 Å². The molecule has 9 nitrogen and oxygen atoms in total. The zero-order valence-electron chi connectivity index (χ0n) is 19.0. The summed E-state index contributed by atoms with van der Waals surface area (Å²) in [5.41, 5.74) is 2.50. The number of nitrogens with zero attached hydrogens (tertiary/aromatic N) is 5. The van der Waals surface area contributed by atoms with Crippen molar-refractivity contribution in [3.8, 4) is 5.69 Å². The van der Waals surface area contributed by atoms with Crippen LogP contribution >= 0.6 is 0 Å². The minimum Gasteiger partial charge on any atom is -0.468 e. The lowest BCUT2D eigenvalue weighted by atomic mass is 9.69. The molecule has 0 saturated carbocycles. The Balaban J connectivity index is 1.56. The zero-order valence-corrected chi connectivity index (χ0v) is 19.8. The molecule has 1 aliphatic carbocycles. The first-order valence-electron chi connectivity index (χ1n) is 10.8. The summed E-state index contributed by atoms with van der Waals surface area (Å²) in [7, 11) is -0.984. The normalized spacial score (nSPS) is 20.4. The molecule has 5 rings (SSSR count). The van der Waals surface area contributed by atoms with Gasteiger partial charge in [0.1, 0.15) is 11.2 Å². The van der Waals surface area contributed by atoms with Crippen molar-refractivity contribution in [3.05, 3.63) is 64.9 Å². The van der Waals surface area contributed by atoms with Crippen molar-refractivity contribution < 1.29 is 22.3 Å². The van der Waals surface area contributed by atoms with E-state index in [2.05, 4.69) is 10.2 Å². The summed E-state index contributed by atoms with van der Waals surface area (Å²) < 4.78 is 49.9. The number of methoxy groups -OCH3 is 1. The summed E-state index contributed by atoms with van der Waals surface area (Å²) in [6.45, 7) is 1.91. The zero-order chi connectivity index (χ0) is 24.3. The summed E-state index contributed by atoms with van der Waals surface area (Å²) in [5, 5.41) is 8.70. The van der Waals surface area contributed by atoms with Crippen LogP contribution < -0.4 is 0 Å². The SMILES string of the molecule is COC(=O)[C@]12Cc3cnn(-c4ccc(F)cc4)c3C=C1CCN(S(=O)(=O)c1cc(C)nn1C)C2. The second-order valence-electron chi connectivity index (χ2n) is 8.70. The smallest absolute Gasteiger partial charge is 0.317 e. The van der Waals surface area contributed by atoms with Crippen LogP contribution in [0.5, 0.6) is 0 Å². The van der Waals surface area contributed by atoms with E-state index in [1.54, 1.807) is 37.0 Å². The number of carbonyl (C=O) groups excluding carboxylic acids is 1. The number of ether oxygens (including phenoxy) is 1. The van der Waals surface area contributed by atoms with Crippen molar-refractivity contribution in [2.75, 3.05) is 20.2 Å². The Hall–Kier alpha value is -3.31. The summed E-state index contributed by atoms with van der Waals surface area (Å²) >= 11 is 0. The lowest BCUT2D eigenvalue weighted by Crippen LogP contribution is -2.53. The maximum Gasteiger partial charge on any atom is 0.317 e. The lowest BCUT2D eigenvalue weighted by Gasteiger charge is -2.43. The molecular formula is C23H24FN5O4S. The number of aromatic nitrogens is 4. The van der Waals surface area contributed by atoms with E-state index in [1.165, 1.54) is 34.3 Å². The number of benzene rings is 1. The van der Waals surface area contributed by atoms with Gasteiger partial charge in [-0.2, -0.15) is 14.5 Å². The van der Waals surface area contributed by atoms with E-state index in [9.17, 15) is 17.6 Å². The molecule has 3 aromatic rings. The molecule has 0 unspecified atom stereocenters. The van der Waals surface area contributed by atoms with E-state index < -0.39 is 21.4 Å². The Morgan fingerprint density at radius 3 is 2.62 bits per heavy atom. The van der Waals surface area contributed by atoms with Crippen molar-refractivity contribution in [2.45, 2.75) is 24.8 Å². The van der Waals surface area contributed by atoms with Gasteiger partial charge in [0, 0.05) is 20.1 Å². The molecule has 2 aliphatic rings. The van der Waals surface area contributed by atoms with Gasteiger partial charge in [-0.05, 0) is 67.3 Å². The molecule has 0 N–H and O–H groups in total. The number of halogens is 1. The molecule has 1 aliphatic heterocycles. The molecule has 2 aromatic heterocycles. The van der Waals surface area contributed by atoms with Crippen LogP contribution in [0.2, 0.25) is 0 Å². The number of sulfonamides is 1. The topological polar surface area (TPSA) is 99.3 Å². The Morgan fingerprint density at radius 1 is 1.24 bits per heavy atom. The third-order valence-electron chi connectivity index (χ3n) is 6.59. The molecule has 34 heavy (non-hydrogen) atoms. The first-order valence-corrected chi connectivity index (χ1v) is 12.2. The number of rotatable bonds is 4. The summed E-state index contributed by atoms with van der Waals surface area (Å²) in [6, 6.07) is 7.52. The van der Waals surface area contributed by atoms with Crippen LogP contribution in [0.15, 0.2) is 47.1 Å². The van der Waals surface area contributed by atoms with Crippen LogP contribution in [-0.2, 0) is 33.0 Å². The predicted octanol–water partition coefficient (Wildman–Crippen LogP) is 2.25. The van der Waals surface area contributed by atoms with E-state index in [1.807, 2.05) is 6.08 Å². The van der Waals surface area contributed by atoms with Gasteiger partial charge in [0.25, 0.3) is 10.0 Å². The van der Waals surface area contributed by atoms with Crippen molar-refractivity contribution >= 4 is 22.1 Å². The summed E-state index contributed by atoms with van der Waals surface area (Å²) in [6.07, 6.45) is 4.16. The minimum absolute atomic E-state index is 0.0424. The molecule has 11 heteroatoms. The average Bonchev–Trinajstić information content (AvgIpc) is 3.38. The van der Waals surface area contributed by atoms with Crippen molar-refractivity contribution in [1.29, 1.82) is 0 Å². The van der Waals surface area contributed by atoms with Crippen molar-refractivity contribution in [3.63, 3.8) is 0 Å². The van der Waals surface area contributed by atoms with Gasteiger partial charge in [-0.3, -0.25) is 9.48 Å². The van der Waals surface area contributed by atoms with Gasteiger partial charge >= 0.3 is 5.97 Å². The number of fused-ring (bicyclic) bond motifs is 2. The van der Waals surface area contributed by atoms with E-state index in [4.69, 9.17) is 4.74 Å². The van der Waals surface area contributed by atoms with Gasteiger partial charge < -0.3 is 4.74 Å². The number of hydrogen-bond acceptors (Lipinski definition) is 6. The Bertz CT molecular complexity index is 1420. The third-order valence-corrected chi connectivity index (χ3v) is 8.49. The minimum atomic E-state index is -3.88. The molecule has 0 bridgehead atoms. The molecule has 1 aromatic carbocycles. The van der Waals surface area contributed by atoms with E-state index >= 15 is 0 Å². The average molecular weight is 486 g/mol. The van der Waals surface area contributed by atoms with E-state index in [0.717, 1.165) is 16.8 Å². The lowest BCUT2D eigenvalue weighted by molar-refractivity contribution is -0.151. The van der Waals surface area contributed by atoms with Crippen LogP contribution in [0, 0.1) is 18.2 Å². The standard InChI is InChI=1S/C23H24FN5O4S/c1-15-10-21(27(2)26-15)34(31,32)28-9-8-17-11-20-16(12-23(17,14-28)22(30)33-3)13-25-29(20)19-6-4-18(24)5-7-19/h4-7,10-11,13H,8-9,12,14H2,1-3H3/t23-/m0/s1. The van der Waals surface area contributed by atoms with Crippen molar-refractivity contribution in [1.82, 2.24) is 23.9 Å². The molecule has 1 saturated heterocycles. The Morgan fingerprint density at radius 2 is 1.97 bits per heavy atom. The first-order chi connectivity index (χ1) is 16.2. The van der Waals surface area contributed by atoms with Crippen LogP contribution in [0.1, 0.15) is 23.4 Å². The van der Waals surface area contributed by atoms with Crippen LogP contribution in [0.3, 0.4) is 0 Å². The highest BCUT2D eigenvalue weighted by atomic mass is 32.2. The molecule has 178 valence electrons. The second-order valence-corrected chi connectivity index (χ2v) is 10.6. The largest absolute Gasteiger partial charge is 0.468 e. The monoisotopic (exact) mass is 485 g/mol. The second kappa shape index (κ2) is 7.88. The quantitative estimate of drug-likeness (QED) is 0.526. The van der Waals surface area contributed by atoms with Gasteiger partial charge in [0.2, 0.25) is 0 Å². The molecule has 1 atom stereocenters. The van der Waals surface area contributed by atoms with Crippen LogP contribution in [-0.4, -0.2) is 58.5 Å². The predicted molar refractivity (Wildman–Crippen MR) is 121 cm³/mol. The maximum atomic E-state index is 13.5.